The first kappa shape index (κ1) is 12.1. The van der Waals surface area contributed by atoms with Gasteiger partial charge >= 0.3 is 6.43 Å². The first-order valence-electron chi connectivity index (χ1n) is 4.40. The fourth-order valence-corrected chi connectivity index (χ4v) is 1.32. The number of rotatable bonds is 4. The van der Waals surface area contributed by atoms with Crippen molar-refractivity contribution in [3.05, 3.63) is 34.3 Å². The van der Waals surface area contributed by atoms with Gasteiger partial charge in [-0.15, -0.1) is 0 Å². The molecular formula is C10H10BrF2NO. The number of halogens is 3. The normalized spacial score (nSPS) is 10.4. The standard InChI is InChI=1S/C10H10BrF2NO/c11-8-3-1-7(2-4-8)5-6-14-10(15)9(12)13/h1-4,9H,5-6H2,(H,14,15). The fraction of sp³-hybridized carbons (Fsp3) is 0.300. The average Bonchev–Trinajstić information content (AvgIpc) is 2.20. The Morgan fingerprint density at radius 3 is 2.47 bits per heavy atom. The van der Waals surface area contributed by atoms with E-state index in [2.05, 4.69) is 21.2 Å². The van der Waals surface area contributed by atoms with Crippen molar-refractivity contribution in [2.45, 2.75) is 12.8 Å². The van der Waals surface area contributed by atoms with E-state index in [-0.39, 0.29) is 6.54 Å². The zero-order chi connectivity index (χ0) is 11.3. The van der Waals surface area contributed by atoms with E-state index in [9.17, 15) is 13.6 Å². The number of alkyl halides is 2. The molecule has 0 spiro atoms. The van der Waals surface area contributed by atoms with E-state index in [1.54, 1.807) is 0 Å². The molecule has 82 valence electrons. The molecule has 5 heteroatoms. The minimum absolute atomic E-state index is 0.227. The molecule has 0 fully saturated rings. The summed E-state index contributed by atoms with van der Waals surface area (Å²) in [6, 6.07) is 7.48. The Labute approximate surface area is 94.8 Å². The summed E-state index contributed by atoms with van der Waals surface area (Å²) in [5.41, 5.74) is 0.993. The predicted octanol–water partition coefficient (Wildman–Crippen LogP) is 2.37. The van der Waals surface area contributed by atoms with Crippen LogP contribution in [0.1, 0.15) is 5.56 Å². The second kappa shape index (κ2) is 5.80. The van der Waals surface area contributed by atoms with Crippen molar-refractivity contribution in [2.24, 2.45) is 0 Å². The average molecular weight is 278 g/mol. The van der Waals surface area contributed by atoms with Crippen LogP contribution < -0.4 is 5.32 Å². The van der Waals surface area contributed by atoms with Gasteiger partial charge in [0.05, 0.1) is 0 Å². The molecule has 0 unspecified atom stereocenters. The quantitative estimate of drug-likeness (QED) is 0.900. The van der Waals surface area contributed by atoms with Crippen LogP contribution in [0.15, 0.2) is 28.7 Å². The van der Waals surface area contributed by atoms with Gasteiger partial charge in [-0.05, 0) is 24.1 Å². The molecular weight excluding hydrogens is 268 g/mol. The smallest absolute Gasteiger partial charge is 0.315 e. The zero-order valence-corrected chi connectivity index (χ0v) is 9.43. The summed E-state index contributed by atoms with van der Waals surface area (Å²) in [4.78, 5) is 10.5. The number of nitrogens with one attached hydrogen (secondary N) is 1. The summed E-state index contributed by atoms with van der Waals surface area (Å²) in [5, 5.41) is 2.14. The van der Waals surface area contributed by atoms with Gasteiger partial charge in [-0.1, -0.05) is 28.1 Å². The molecule has 1 rings (SSSR count). The monoisotopic (exact) mass is 277 g/mol. The van der Waals surface area contributed by atoms with Gasteiger partial charge < -0.3 is 5.32 Å². The van der Waals surface area contributed by atoms with E-state index in [0.717, 1.165) is 10.0 Å². The number of benzene rings is 1. The van der Waals surface area contributed by atoms with Gasteiger partial charge in [0.15, 0.2) is 0 Å². The lowest BCUT2D eigenvalue weighted by Crippen LogP contribution is -2.31. The molecule has 15 heavy (non-hydrogen) atoms. The van der Waals surface area contributed by atoms with Crippen LogP contribution in [0.4, 0.5) is 8.78 Å². The third-order valence-corrected chi connectivity index (χ3v) is 2.35. The SMILES string of the molecule is O=C(NCCc1ccc(Br)cc1)C(F)F. The van der Waals surface area contributed by atoms with E-state index in [1.165, 1.54) is 0 Å². The first-order chi connectivity index (χ1) is 7.09. The number of amides is 1. The molecule has 0 aliphatic carbocycles. The van der Waals surface area contributed by atoms with Gasteiger partial charge in [0.25, 0.3) is 5.91 Å². The van der Waals surface area contributed by atoms with Gasteiger partial charge in [0.2, 0.25) is 0 Å². The van der Waals surface area contributed by atoms with Crippen molar-refractivity contribution < 1.29 is 13.6 Å². The Bertz CT molecular complexity index is 327. The Morgan fingerprint density at radius 2 is 1.93 bits per heavy atom. The third kappa shape index (κ3) is 4.38. The van der Waals surface area contributed by atoms with Crippen molar-refractivity contribution in [2.75, 3.05) is 6.54 Å². The van der Waals surface area contributed by atoms with Crippen LogP contribution in [-0.4, -0.2) is 18.9 Å². The van der Waals surface area contributed by atoms with Gasteiger partial charge in [0, 0.05) is 11.0 Å². The van der Waals surface area contributed by atoms with E-state index < -0.39 is 12.3 Å². The maximum Gasteiger partial charge on any atom is 0.315 e. The molecule has 0 radical (unpaired) electrons. The molecule has 0 aromatic heterocycles. The summed E-state index contributed by atoms with van der Waals surface area (Å²) in [6.45, 7) is 0.227. The summed E-state index contributed by atoms with van der Waals surface area (Å²) >= 11 is 3.29. The van der Waals surface area contributed by atoms with Crippen LogP contribution in [0, 0.1) is 0 Å². The molecule has 1 aromatic carbocycles. The zero-order valence-electron chi connectivity index (χ0n) is 7.84. The molecule has 1 aromatic rings. The highest BCUT2D eigenvalue weighted by molar-refractivity contribution is 9.10. The number of carbonyl (C=O) groups is 1. The maximum absolute atomic E-state index is 11.8. The van der Waals surface area contributed by atoms with Gasteiger partial charge in [-0.3, -0.25) is 4.79 Å². The maximum atomic E-state index is 11.8. The number of carbonyl (C=O) groups excluding carboxylic acids is 1. The Hall–Kier alpha value is -0.970. The number of hydrogen-bond donors (Lipinski definition) is 1. The highest BCUT2D eigenvalue weighted by atomic mass is 79.9. The molecule has 0 aliphatic rings. The Balaban J connectivity index is 2.32. The molecule has 0 aliphatic heterocycles. The first-order valence-corrected chi connectivity index (χ1v) is 5.19. The van der Waals surface area contributed by atoms with Gasteiger partial charge in [-0.2, -0.15) is 8.78 Å². The van der Waals surface area contributed by atoms with Crippen molar-refractivity contribution in [1.29, 1.82) is 0 Å². The highest BCUT2D eigenvalue weighted by Gasteiger charge is 2.13. The van der Waals surface area contributed by atoms with Crippen LogP contribution in [0.5, 0.6) is 0 Å². The molecule has 2 nitrogen and oxygen atoms in total. The summed E-state index contributed by atoms with van der Waals surface area (Å²) in [7, 11) is 0. The topological polar surface area (TPSA) is 29.1 Å². The molecule has 0 heterocycles. The van der Waals surface area contributed by atoms with Crippen molar-refractivity contribution in [3.8, 4) is 0 Å². The van der Waals surface area contributed by atoms with Crippen molar-refractivity contribution in [1.82, 2.24) is 5.32 Å². The summed E-state index contributed by atoms with van der Waals surface area (Å²) < 4.78 is 24.5. The molecule has 0 bridgehead atoms. The lowest BCUT2D eigenvalue weighted by molar-refractivity contribution is -0.131. The van der Waals surface area contributed by atoms with Crippen LogP contribution in [0.2, 0.25) is 0 Å². The van der Waals surface area contributed by atoms with E-state index in [1.807, 2.05) is 24.3 Å². The van der Waals surface area contributed by atoms with E-state index >= 15 is 0 Å². The second-order valence-corrected chi connectivity index (χ2v) is 3.88. The Morgan fingerprint density at radius 1 is 1.33 bits per heavy atom. The lowest BCUT2D eigenvalue weighted by Gasteiger charge is -2.04. The van der Waals surface area contributed by atoms with Crippen molar-refractivity contribution >= 4 is 21.8 Å². The van der Waals surface area contributed by atoms with E-state index in [0.29, 0.717) is 6.42 Å². The molecule has 0 atom stereocenters. The minimum atomic E-state index is -2.94. The third-order valence-electron chi connectivity index (χ3n) is 1.82. The molecule has 1 amide bonds. The van der Waals surface area contributed by atoms with Crippen LogP contribution in [0.25, 0.3) is 0 Å². The minimum Gasteiger partial charge on any atom is -0.351 e. The lowest BCUT2D eigenvalue weighted by atomic mass is 10.1. The van der Waals surface area contributed by atoms with Crippen molar-refractivity contribution in [3.63, 3.8) is 0 Å². The molecule has 0 saturated carbocycles. The summed E-state index contributed by atoms with van der Waals surface area (Å²) in [6.07, 6.45) is -2.39. The molecule has 0 saturated heterocycles. The highest BCUT2D eigenvalue weighted by Crippen LogP contribution is 2.10. The van der Waals surface area contributed by atoms with E-state index in [4.69, 9.17) is 0 Å². The van der Waals surface area contributed by atoms with Gasteiger partial charge in [-0.25, -0.2) is 0 Å². The fourth-order valence-electron chi connectivity index (χ4n) is 1.06. The van der Waals surface area contributed by atoms with Gasteiger partial charge in [0.1, 0.15) is 0 Å². The second-order valence-electron chi connectivity index (χ2n) is 2.97. The largest absolute Gasteiger partial charge is 0.351 e. The summed E-state index contributed by atoms with van der Waals surface area (Å²) in [5.74, 6) is -1.22. The Kier molecular flexibility index (Phi) is 4.68. The van der Waals surface area contributed by atoms with Crippen LogP contribution in [-0.2, 0) is 11.2 Å². The van der Waals surface area contributed by atoms with Crippen LogP contribution >= 0.6 is 15.9 Å². The number of hydrogen-bond acceptors (Lipinski definition) is 1. The predicted molar refractivity (Wildman–Crippen MR) is 56.9 cm³/mol. The molecule has 1 N–H and O–H groups in total. The van der Waals surface area contributed by atoms with Crippen LogP contribution in [0.3, 0.4) is 0 Å².